The number of carbonyl (C=O) groups is 2. The fraction of sp³-hybridized carbons (Fsp3) is 0.364. The highest BCUT2D eigenvalue weighted by Gasteiger charge is 2.27. The van der Waals surface area contributed by atoms with Crippen molar-refractivity contribution in [3.8, 4) is 0 Å². The summed E-state index contributed by atoms with van der Waals surface area (Å²) in [6.45, 7) is 5.17. The van der Waals surface area contributed by atoms with Crippen LogP contribution >= 0.6 is 0 Å². The van der Waals surface area contributed by atoms with E-state index in [0.29, 0.717) is 19.7 Å². The van der Waals surface area contributed by atoms with Gasteiger partial charge in [0, 0.05) is 13.1 Å². The second-order valence-electron chi connectivity index (χ2n) is 6.13. The molecule has 0 aliphatic rings. The van der Waals surface area contributed by atoms with E-state index in [1.165, 1.54) is 0 Å². The number of hydrogen-bond acceptors (Lipinski definition) is 3. The van der Waals surface area contributed by atoms with Crippen LogP contribution in [0.1, 0.15) is 43.7 Å². The lowest BCUT2D eigenvalue weighted by Gasteiger charge is -2.27. The number of carbonyl (C=O) groups excluding carboxylic acids is 2. The molecule has 0 heterocycles. The first-order valence-electron chi connectivity index (χ1n) is 9.21. The van der Waals surface area contributed by atoms with Gasteiger partial charge in [-0.1, -0.05) is 67.6 Å². The number of benzene rings is 2. The van der Waals surface area contributed by atoms with Crippen molar-refractivity contribution in [1.29, 1.82) is 0 Å². The van der Waals surface area contributed by atoms with Crippen LogP contribution in [0, 0.1) is 0 Å². The summed E-state index contributed by atoms with van der Waals surface area (Å²) in [6, 6.07) is 19.6. The second kappa shape index (κ2) is 10.4. The number of esters is 1. The van der Waals surface area contributed by atoms with Crippen molar-refractivity contribution >= 4 is 11.9 Å². The van der Waals surface area contributed by atoms with Gasteiger partial charge in [0.2, 0.25) is 5.91 Å². The summed E-state index contributed by atoms with van der Waals surface area (Å²) in [4.78, 5) is 26.9. The molecule has 4 heteroatoms. The summed E-state index contributed by atoms with van der Waals surface area (Å²) in [6.07, 6.45) is 1.06. The van der Waals surface area contributed by atoms with Crippen LogP contribution in [0.2, 0.25) is 0 Å². The van der Waals surface area contributed by atoms with Gasteiger partial charge in [0.15, 0.2) is 0 Å². The lowest BCUT2D eigenvalue weighted by atomic mass is 9.90. The number of ether oxygens (including phenoxy) is 1. The van der Waals surface area contributed by atoms with Gasteiger partial charge in [-0.3, -0.25) is 9.59 Å². The molecule has 138 valence electrons. The number of nitrogens with zero attached hydrogens (tertiary/aromatic N) is 1. The van der Waals surface area contributed by atoms with Gasteiger partial charge < -0.3 is 9.64 Å². The minimum atomic E-state index is -0.369. The van der Waals surface area contributed by atoms with Gasteiger partial charge in [0.1, 0.15) is 0 Å². The van der Waals surface area contributed by atoms with Crippen molar-refractivity contribution in [2.24, 2.45) is 0 Å². The molecule has 0 fully saturated rings. The molecule has 2 aromatic rings. The maximum absolute atomic E-state index is 13.4. The molecule has 0 radical (unpaired) electrons. The van der Waals surface area contributed by atoms with Gasteiger partial charge in [0.05, 0.1) is 18.9 Å². The van der Waals surface area contributed by atoms with Crippen LogP contribution in [-0.2, 0) is 14.3 Å². The van der Waals surface area contributed by atoms with Gasteiger partial charge in [-0.15, -0.1) is 0 Å². The summed E-state index contributed by atoms with van der Waals surface area (Å²) in [5, 5.41) is 0. The molecule has 0 saturated heterocycles. The van der Waals surface area contributed by atoms with Crippen LogP contribution < -0.4 is 0 Å². The number of amides is 1. The Balaban J connectivity index is 2.26. The van der Waals surface area contributed by atoms with Crippen molar-refractivity contribution in [2.45, 2.75) is 32.6 Å². The predicted molar refractivity (Wildman–Crippen MR) is 103 cm³/mol. The van der Waals surface area contributed by atoms with Crippen molar-refractivity contribution in [2.75, 3.05) is 19.7 Å². The molecule has 26 heavy (non-hydrogen) atoms. The van der Waals surface area contributed by atoms with Gasteiger partial charge in [-0.25, -0.2) is 0 Å². The monoisotopic (exact) mass is 353 g/mol. The Kier molecular flexibility index (Phi) is 7.87. The number of hydrogen-bond donors (Lipinski definition) is 0. The topological polar surface area (TPSA) is 46.6 Å². The summed E-state index contributed by atoms with van der Waals surface area (Å²) in [5.41, 5.74) is 1.92. The highest BCUT2D eigenvalue weighted by molar-refractivity contribution is 5.87. The Morgan fingerprint density at radius 1 is 0.885 bits per heavy atom. The first-order valence-corrected chi connectivity index (χ1v) is 9.21. The molecule has 4 nitrogen and oxygen atoms in total. The van der Waals surface area contributed by atoms with Crippen LogP contribution in [0.5, 0.6) is 0 Å². The molecule has 0 atom stereocenters. The molecule has 0 aliphatic carbocycles. The molecular weight excluding hydrogens is 326 g/mol. The average molecular weight is 353 g/mol. The maximum atomic E-state index is 13.4. The normalized spacial score (nSPS) is 10.6. The van der Waals surface area contributed by atoms with Gasteiger partial charge in [-0.2, -0.15) is 0 Å². The smallest absolute Gasteiger partial charge is 0.307 e. The molecule has 0 bridgehead atoms. The van der Waals surface area contributed by atoms with Crippen molar-refractivity contribution < 1.29 is 14.3 Å². The molecule has 2 aromatic carbocycles. The van der Waals surface area contributed by atoms with Crippen LogP contribution in [0.4, 0.5) is 0 Å². The zero-order valence-electron chi connectivity index (χ0n) is 15.6. The summed E-state index contributed by atoms with van der Waals surface area (Å²) in [5.74, 6) is -0.614. The predicted octanol–water partition coefficient (Wildman–Crippen LogP) is 4.01. The lowest BCUT2D eigenvalue weighted by Crippen LogP contribution is -2.38. The van der Waals surface area contributed by atoms with E-state index < -0.39 is 0 Å². The summed E-state index contributed by atoms with van der Waals surface area (Å²) >= 11 is 0. The fourth-order valence-electron chi connectivity index (χ4n) is 3.01. The Labute approximate surface area is 155 Å². The minimum Gasteiger partial charge on any atom is -0.466 e. The van der Waals surface area contributed by atoms with Gasteiger partial charge in [0.25, 0.3) is 0 Å². The Morgan fingerprint density at radius 3 is 1.88 bits per heavy atom. The van der Waals surface area contributed by atoms with Gasteiger partial charge >= 0.3 is 5.97 Å². The van der Waals surface area contributed by atoms with Crippen molar-refractivity contribution in [3.63, 3.8) is 0 Å². The Bertz CT molecular complexity index is 646. The first-order chi connectivity index (χ1) is 12.7. The van der Waals surface area contributed by atoms with Crippen LogP contribution in [-0.4, -0.2) is 36.5 Å². The third-order valence-corrected chi connectivity index (χ3v) is 4.21. The molecule has 0 N–H and O–H groups in total. The van der Waals surface area contributed by atoms with Crippen molar-refractivity contribution in [3.05, 3.63) is 71.8 Å². The third-order valence-electron chi connectivity index (χ3n) is 4.21. The highest BCUT2D eigenvalue weighted by Crippen LogP contribution is 2.27. The van der Waals surface area contributed by atoms with Crippen LogP contribution in [0.25, 0.3) is 0 Å². The summed E-state index contributed by atoms with van der Waals surface area (Å²) in [7, 11) is 0. The fourth-order valence-corrected chi connectivity index (χ4v) is 3.01. The lowest BCUT2D eigenvalue weighted by molar-refractivity contribution is -0.144. The van der Waals surface area contributed by atoms with E-state index in [9.17, 15) is 9.59 Å². The van der Waals surface area contributed by atoms with E-state index >= 15 is 0 Å². The molecule has 0 spiro atoms. The summed E-state index contributed by atoms with van der Waals surface area (Å²) < 4.78 is 5.00. The first kappa shape index (κ1) is 19.7. The Hall–Kier alpha value is -2.62. The second-order valence-corrected chi connectivity index (χ2v) is 6.13. The molecule has 0 saturated carbocycles. The number of rotatable bonds is 9. The Morgan fingerprint density at radius 2 is 1.42 bits per heavy atom. The zero-order valence-corrected chi connectivity index (χ0v) is 15.6. The van der Waals surface area contributed by atoms with E-state index in [1.807, 2.05) is 67.6 Å². The van der Waals surface area contributed by atoms with Crippen LogP contribution in [0.3, 0.4) is 0 Å². The minimum absolute atomic E-state index is 0.0218. The average Bonchev–Trinajstić information content (AvgIpc) is 2.67. The standard InChI is InChI=1S/C22H27NO3/c1-3-16-23(17-15-20(24)26-4-2)22(25)21(18-11-7-5-8-12-18)19-13-9-6-10-14-19/h5-14,21H,3-4,15-17H2,1-2H3. The molecule has 0 unspecified atom stereocenters. The van der Waals surface area contributed by atoms with Gasteiger partial charge in [-0.05, 0) is 24.5 Å². The molecule has 0 aliphatic heterocycles. The maximum Gasteiger partial charge on any atom is 0.307 e. The molecular formula is C22H27NO3. The van der Waals surface area contributed by atoms with Crippen molar-refractivity contribution in [1.82, 2.24) is 4.90 Å². The van der Waals surface area contributed by atoms with E-state index in [4.69, 9.17) is 4.74 Å². The highest BCUT2D eigenvalue weighted by atomic mass is 16.5. The van der Waals surface area contributed by atoms with Crippen LogP contribution in [0.15, 0.2) is 60.7 Å². The largest absolute Gasteiger partial charge is 0.466 e. The third kappa shape index (κ3) is 5.45. The zero-order chi connectivity index (χ0) is 18.8. The molecule has 2 rings (SSSR count). The van der Waals surface area contributed by atoms with E-state index in [0.717, 1.165) is 17.5 Å². The van der Waals surface area contributed by atoms with E-state index in [-0.39, 0.29) is 24.2 Å². The SMILES string of the molecule is CCCN(CCC(=O)OCC)C(=O)C(c1ccccc1)c1ccccc1. The quantitative estimate of drug-likeness (QED) is 0.640. The molecule has 0 aromatic heterocycles. The van der Waals surface area contributed by atoms with E-state index in [1.54, 1.807) is 11.8 Å². The molecule has 1 amide bonds. The van der Waals surface area contributed by atoms with E-state index in [2.05, 4.69) is 0 Å².